The lowest BCUT2D eigenvalue weighted by molar-refractivity contribution is 0.0602. The van der Waals surface area contributed by atoms with Gasteiger partial charge in [-0.15, -0.1) is 10.2 Å². The van der Waals surface area contributed by atoms with Crippen LogP contribution in [0.25, 0.3) is 33.3 Å². The standard InChI is InChI=1S/C28H24N4O2/c1-34-28(33)25-24(21-11-4-2-5-12-21)26(22-13-6-3-7-14-22)30-31-27(25)29-17-19-32-18-16-20-10-8-9-15-23(20)32/h2-16,18H,17,19H2,1H3,(H,29,31). The Morgan fingerprint density at radius 1 is 0.853 bits per heavy atom. The molecule has 0 fully saturated rings. The second-order valence-electron chi connectivity index (χ2n) is 7.87. The van der Waals surface area contributed by atoms with Crippen LogP contribution in [0.2, 0.25) is 0 Å². The molecule has 2 aromatic heterocycles. The molecular formula is C28H24N4O2. The van der Waals surface area contributed by atoms with Gasteiger partial charge in [-0.1, -0.05) is 78.9 Å². The Kier molecular flexibility index (Phi) is 6.03. The molecule has 0 saturated carbocycles. The molecule has 5 rings (SSSR count). The number of methoxy groups -OCH3 is 1. The van der Waals surface area contributed by atoms with Crippen molar-refractivity contribution in [2.24, 2.45) is 0 Å². The van der Waals surface area contributed by atoms with E-state index in [0.29, 0.717) is 35.7 Å². The number of rotatable bonds is 7. The largest absolute Gasteiger partial charge is 0.465 e. The van der Waals surface area contributed by atoms with E-state index in [0.717, 1.165) is 16.6 Å². The molecule has 0 aliphatic rings. The first kappa shape index (κ1) is 21.4. The van der Waals surface area contributed by atoms with Crippen LogP contribution in [-0.2, 0) is 11.3 Å². The number of carbonyl (C=O) groups excluding carboxylic acids is 1. The average molecular weight is 449 g/mol. The second-order valence-corrected chi connectivity index (χ2v) is 7.87. The van der Waals surface area contributed by atoms with Crippen LogP contribution in [0.4, 0.5) is 5.82 Å². The van der Waals surface area contributed by atoms with Gasteiger partial charge in [-0.25, -0.2) is 4.79 Å². The molecule has 6 heteroatoms. The highest BCUT2D eigenvalue weighted by Gasteiger charge is 2.25. The van der Waals surface area contributed by atoms with Gasteiger partial charge in [0.1, 0.15) is 11.3 Å². The number of esters is 1. The second kappa shape index (κ2) is 9.58. The number of benzene rings is 3. The number of nitrogens with zero attached hydrogens (tertiary/aromatic N) is 3. The summed E-state index contributed by atoms with van der Waals surface area (Å²) < 4.78 is 7.36. The minimum atomic E-state index is -0.458. The molecule has 0 bridgehead atoms. The Bertz CT molecular complexity index is 1430. The van der Waals surface area contributed by atoms with E-state index in [1.807, 2.05) is 72.8 Å². The Morgan fingerprint density at radius 2 is 1.53 bits per heavy atom. The van der Waals surface area contributed by atoms with E-state index in [1.165, 1.54) is 12.5 Å². The smallest absolute Gasteiger partial charge is 0.342 e. The summed E-state index contributed by atoms with van der Waals surface area (Å²) in [5.41, 5.74) is 4.62. The van der Waals surface area contributed by atoms with E-state index in [4.69, 9.17) is 4.74 Å². The molecule has 3 aromatic carbocycles. The van der Waals surface area contributed by atoms with Crippen LogP contribution < -0.4 is 5.32 Å². The van der Waals surface area contributed by atoms with Crippen LogP contribution in [0.3, 0.4) is 0 Å². The third-order valence-electron chi connectivity index (χ3n) is 5.80. The van der Waals surface area contributed by atoms with Crippen LogP contribution >= 0.6 is 0 Å². The van der Waals surface area contributed by atoms with Crippen LogP contribution in [0, 0.1) is 0 Å². The highest BCUT2D eigenvalue weighted by molar-refractivity contribution is 6.05. The first-order valence-electron chi connectivity index (χ1n) is 11.1. The maximum Gasteiger partial charge on any atom is 0.342 e. The number of aromatic nitrogens is 3. The highest BCUT2D eigenvalue weighted by Crippen LogP contribution is 2.36. The number of hydrogen-bond acceptors (Lipinski definition) is 5. The Labute approximate surface area is 197 Å². The summed E-state index contributed by atoms with van der Waals surface area (Å²) in [4.78, 5) is 13.0. The van der Waals surface area contributed by atoms with E-state index >= 15 is 0 Å². The summed E-state index contributed by atoms with van der Waals surface area (Å²) in [6, 6.07) is 29.8. The van der Waals surface area contributed by atoms with Crippen LogP contribution in [0.1, 0.15) is 10.4 Å². The molecular weight excluding hydrogens is 424 g/mol. The topological polar surface area (TPSA) is 69.0 Å². The van der Waals surface area contributed by atoms with Gasteiger partial charge in [0.15, 0.2) is 5.82 Å². The predicted molar refractivity (Wildman–Crippen MR) is 135 cm³/mol. The number of hydrogen-bond donors (Lipinski definition) is 1. The molecule has 0 aliphatic heterocycles. The zero-order chi connectivity index (χ0) is 23.3. The Hall–Kier alpha value is -4.45. The monoisotopic (exact) mass is 448 g/mol. The summed E-state index contributed by atoms with van der Waals surface area (Å²) >= 11 is 0. The molecule has 0 atom stereocenters. The fourth-order valence-corrected chi connectivity index (χ4v) is 4.18. The summed E-state index contributed by atoms with van der Waals surface area (Å²) in [6.45, 7) is 1.27. The number of ether oxygens (including phenoxy) is 1. The summed E-state index contributed by atoms with van der Waals surface area (Å²) in [6.07, 6.45) is 2.06. The normalized spacial score (nSPS) is 10.9. The van der Waals surface area contributed by atoms with E-state index in [9.17, 15) is 4.79 Å². The van der Waals surface area contributed by atoms with Crippen molar-refractivity contribution in [3.05, 3.63) is 103 Å². The zero-order valence-corrected chi connectivity index (χ0v) is 18.8. The molecule has 0 aliphatic carbocycles. The average Bonchev–Trinajstić information content (AvgIpc) is 3.32. The maximum absolute atomic E-state index is 13.0. The fourth-order valence-electron chi connectivity index (χ4n) is 4.18. The minimum Gasteiger partial charge on any atom is -0.465 e. The number of carbonyl (C=O) groups is 1. The molecule has 0 radical (unpaired) electrons. The molecule has 5 aromatic rings. The molecule has 6 nitrogen and oxygen atoms in total. The lowest BCUT2D eigenvalue weighted by Crippen LogP contribution is -2.17. The van der Waals surface area contributed by atoms with Crippen molar-refractivity contribution in [1.29, 1.82) is 0 Å². The number of nitrogens with one attached hydrogen (secondary N) is 1. The lowest BCUT2D eigenvalue weighted by Gasteiger charge is -2.17. The quantitative estimate of drug-likeness (QED) is 0.325. The van der Waals surface area contributed by atoms with Crippen molar-refractivity contribution in [1.82, 2.24) is 14.8 Å². The van der Waals surface area contributed by atoms with Crippen molar-refractivity contribution < 1.29 is 9.53 Å². The summed E-state index contributed by atoms with van der Waals surface area (Å²) in [5.74, 6) is -0.0540. The molecule has 0 amide bonds. The van der Waals surface area contributed by atoms with Gasteiger partial charge in [0.25, 0.3) is 0 Å². The first-order chi connectivity index (χ1) is 16.8. The summed E-state index contributed by atoms with van der Waals surface area (Å²) in [7, 11) is 1.38. The van der Waals surface area contributed by atoms with Gasteiger partial charge >= 0.3 is 5.97 Å². The van der Waals surface area contributed by atoms with Crippen LogP contribution in [0.15, 0.2) is 97.2 Å². The fraction of sp³-hybridized carbons (Fsp3) is 0.107. The van der Waals surface area contributed by atoms with Crippen LogP contribution in [-0.4, -0.2) is 34.4 Å². The van der Waals surface area contributed by atoms with E-state index < -0.39 is 5.97 Å². The van der Waals surface area contributed by atoms with Crippen molar-refractivity contribution in [3.63, 3.8) is 0 Å². The first-order valence-corrected chi connectivity index (χ1v) is 11.1. The minimum absolute atomic E-state index is 0.375. The van der Waals surface area contributed by atoms with Gasteiger partial charge < -0.3 is 14.6 Å². The third kappa shape index (κ3) is 4.13. The molecule has 1 N–H and O–H groups in total. The van der Waals surface area contributed by atoms with Crippen molar-refractivity contribution >= 4 is 22.7 Å². The van der Waals surface area contributed by atoms with Crippen molar-refractivity contribution in [2.75, 3.05) is 19.0 Å². The molecule has 0 spiro atoms. The van der Waals surface area contributed by atoms with E-state index in [1.54, 1.807) is 0 Å². The molecule has 168 valence electrons. The van der Waals surface area contributed by atoms with Gasteiger partial charge in [-0.2, -0.15) is 0 Å². The Morgan fingerprint density at radius 3 is 2.26 bits per heavy atom. The highest BCUT2D eigenvalue weighted by atomic mass is 16.5. The lowest BCUT2D eigenvalue weighted by atomic mass is 9.95. The molecule has 0 unspecified atom stereocenters. The number of para-hydroxylation sites is 1. The van der Waals surface area contributed by atoms with E-state index in [2.05, 4.69) is 44.5 Å². The van der Waals surface area contributed by atoms with Gasteiger partial charge in [-0.05, 0) is 23.1 Å². The maximum atomic E-state index is 13.0. The molecule has 0 saturated heterocycles. The summed E-state index contributed by atoms with van der Waals surface area (Å²) in [5, 5.41) is 13.5. The van der Waals surface area contributed by atoms with Gasteiger partial charge in [-0.3, -0.25) is 0 Å². The Balaban J connectivity index is 1.55. The van der Waals surface area contributed by atoms with Crippen molar-refractivity contribution in [3.8, 4) is 22.4 Å². The molecule has 2 heterocycles. The van der Waals surface area contributed by atoms with Gasteiger partial charge in [0.05, 0.1) is 7.11 Å². The van der Waals surface area contributed by atoms with E-state index in [-0.39, 0.29) is 0 Å². The van der Waals surface area contributed by atoms with Gasteiger partial charge in [0.2, 0.25) is 0 Å². The number of fused-ring (bicyclic) bond motifs is 1. The zero-order valence-electron chi connectivity index (χ0n) is 18.8. The SMILES string of the molecule is COC(=O)c1c(NCCn2ccc3ccccc32)nnc(-c2ccccc2)c1-c1ccccc1. The molecule has 34 heavy (non-hydrogen) atoms. The number of anilines is 1. The van der Waals surface area contributed by atoms with Crippen molar-refractivity contribution in [2.45, 2.75) is 6.54 Å². The predicted octanol–water partition coefficient (Wildman–Crippen LogP) is 5.66. The van der Waals surface area contributed by atoms with Crippen LogP contribution in [0.5, 0.6) is 0 Å². The third-order valence-corrected chi connectivity index (χ3v) is 5.80. The van der Waals surface area contributed by atoms with Gasteiger partial charge in [0, 0.05) is 35.9 Å².